The number of nitrogens with zero attached hydrogens (tertiary/aromatic N) is 2. The number of hydrogen-bond donors (Lipinski definition) is 1. The predicted molar refractivity (Wildman–Crippen MR) is 150 cm³/mol. The standard InChI is InChI=1S/C30H30N2O7S/c1-5-6-12-38-21-9-7-8-18(15-21)24-23(25(33)19-10-11-22-20(14-19)13-16(2)39-22)26(34)28(35)32(24)30-31-17(3)27(40-30)29(36)37-4/h7-11,14-16,24,33H,5-6,12-13H2,1-4H3/b25-23-. The average Bonchev–Trinajstić information content (AvgIpc) is 3.59. The third-order valence-corrected chi connectivity index (χ3v) is 8.05. The molecule has 2 unspecified atom stereocenters. The highest BCUT2D eigenvalue weighted by Crippen LogP contribution is 2.45. The fourth-order valence-electron chi connectivity index (χ4n) is 4.95. The molecule has 3 heterocycles. The number of anilines is 1. The summed E-state index contributed by atoms with van der Waals surface area (Å²) in [4.78, 5) is 45.3. The highest BCUT2D eigenvalue weighted by molar-refractivity contribution is 7.17. The molecule has 0 saturated carbocycles. The van der Waals surface area contributed by atoms with Gasteiger partial charge in [0.05, 0.1) is 31.0 Å². The Morgan fingerprint density at radius 2 is 2.02 bits per heavy atom. The Kier molecular flexibility index (Phi) is 7.62. The van der Waals surface area contributed by atoms with E-state index in [2.05, 4.69) is 11.9 Å². The second-order valence-electron chi connectivity index (χ2n) is 9.80. The number of ketones is 1. The Labute approximate surface area is 236 Å². The maximum Gasteiger partial charge on any atom is 0.350 e. The van der Waals surface area contributed by atoms with E-state index in [4.69, 9.17) is 14.2 Å². The van der Waals surface area contributed by atoms with Gasteiger partial charge in [-0.3, -0.25) is 14.5 Å². The molecule has 5 rings (SSSR count). The molecule has 2 aromatic carbocycles. The summed E-state index contributed by atoms with van der Waals surface area (Å²) in [6, 6.07) is 11.3. The van der Waals surface area contributed by atoms with Gasteiger partial charge in [0.25, 0.3) is 5.78 Å². The lowest BCUT2D eigenvalue weighted by Crippen LogP contribution is -2.29. The lowest BCUT2D eigenvalue weighted by molar-refractivity contribution is -0.132. The number of carbonyl (C=O) groups is 3. The summed E-state index contributed by atoms with van der Waals surface area (Å²) in [7, 11) is 1.26. The van der Waals surface area contributed by atoms with Crippen LogP contribution in [0.15, 0.2) is 48.0 Å². The zero-order chi connectivity index (χ0) is 28.6. The van der Waals surface area contributed by atoms with Crippen LogP contribution in [0.1, 0.15) is 64.8 Å². The number of fused-ring (bicyclic) bond motifs is 1. The monoisotopic (exact) mass is 562 g/mol. The van der Waals surface area contributed by atoms with E-state index in [9.17, 15) is 19.5 Å². The number of aliphatic hydroxyl groups excluding tert-OH is 1. The third kappa shape index (κ3) is 4.95. The number of aromatic nitrogens is 1. The molecule has 1 saturated heterocycles. The number of Topliss-reactive ketones (excluding diaryl/α,β-unsaturated/α-hetero) is 1. The molecule has 0 bridgehead atoms. The van der Waals surface area contributed by atoms with E-state index in [0.717, 1.165) is 35.5 Å². The van der Waals surface area contributed by atoms with E-state index in [-0.39, 0.29) is 27.4 Å². The van der Waals surface area contributed by atoms with E-state index >= 15 is 0 Å². The minimum Gasteiger partial charge on any atom is -0.507 e. The molecule has 40 heavy (non-hydrogen) atoms. The van der Waals surface area contributed by atoms with Gasteiger partial charge in [-0.1, -0.05) is 36.8 Å². The molecule has 2 atom stereocenters. The van der Waals surface area contributed by atoms with Crippen molar-refractivity contribution in [1.29, 1.82) is 0 Å². The van der Waals surface area contributed by atoms with E-state index in [0.29, 0.717) is 35.6 Å². The number of hydrogen-bond acceptors (Lipinski definition) is 9. The number of amides is 1. The zero-order valence-corrected chi connectivity index (χ0v) is 23.5. The number of thiazole rings is 1. The number of ether oxygens (including phenoxy) is 3. The van der Waals surface area contributed by atoms with Gasteiger partial charge in [0, 0.05) is 12.0 Å². The fourth-order valence-corrected chi connectivity index (χ4v) is 5.96. The molecule has 0 radical (unpaired) electrons. The molecular weight excluding hydrogens is 532 g/mol. The molecule has 0 spiro atoms. The van der Waals surface area contributed by atoms with Crippen LogP contribution in [-0.2, 0) is 20.7 Å². The van der Waals surface area contributed by atoms with Crippen molar-refractivity contribution in [2.45, 2.75) is 52.2 Å². The van der Waals surface area contributed by atoms with Crippen LogP contribution in [0, 0.1) is 6.92 Å². The summed E-state index contributed by atoms with van der Waals surface area (Å²) in [5, 5.41) is 11.7. The van der Waals surface area contributed by atoms with Gasteiger partial charge in [-0.25, -0.2) is 9.78 Å². The van der Waals surface area contributed by atoms with E-state index < -0.39 is 23.7 Å². The van der Waals surface area contributed by atoms with Gasteiger partial charge in [0.15, 0.2) is 5.13 Å². The lowest BCUT2D eigenvalue weighted by Gasteiger charge is -2.23. The number of methoxy groups -OCH3 is 1. The Balaban J connectivity index is 1.65. The first-order chi connectivity index (χ1) is 19.2. The van der Waals surface area contributed by atoms with Gasteiger partial charge < -0.3 is 19.3 Å². The number of carbonyl (C=O) groups excluding carboxylic acids is 3. The molecule has 3 aromatic rings. The number of esters is 1. The summed E-state index contributed by atoms with van der Waals surface area (Å²) in [6.07, 6.45) is 2.51. The summed E-state index contributed by atoms with van der Waals surface area (Å²) < 4.78 is 16.5. The van der Waals surface area contributed by atoms with Crippen LogP contribution in [0.4, 0.5) is 5.13 Å². The minimum absolute atomic E-state index is 0.00516. The van der Waals surface area contributed by atoms with Gasteiger partial charge >= 0.3 is 11.9 Å². The smallest absolute Gasteiger partial charge is 0.350 e. The maximum atomic E-state index is 13.6. The quantitative estimate of drug-likeness (QED) is 0.128. The highest BCUT2D eigenvalue weighted by atomic mass is 32.1. The molecule has 1 fully saturated rings. The topological polar surface area (TPSA) is 115 Å². The summed E-state index contributed by atoms with van der Waals surface area (Å²) >= 11 is 0.956. The highest BCUT2D eigenvalue weighted by Gasteiger charge is 2.48. The van der Waals surface area contributed by atoms with Crippen LogP contribution in [0.2, 0.25) is 0 Å². The second-order valence-corrected chi connectivity index (χ2v) is 10.8. The van der Waals surface area contributed by atoms with Crippen LogP contribution in [0.25, 0.3) is 5.76 Å². The molecular formula is C30H30N2O7S. The maximum absolute atomic E-state index is 13.6. The molecule has 2 aliphatic heterocycles. The number of unbranched alkanes of at least 4 members (excludes halogenated alkanes) is 1. The van der Waals surface area contributed by atoms with Crippen molar-refractivity contribution >= 4 is 39.9 Å². The van der Waals surface area contributed by atoms with Crippen molar-refractivity contribution in [1.82, 2.24) is 4.98 Å². The van der Waals surface area contributed by atoms with Gasteiger partial charge in [-0.05, 0) is 61.7 Å². The van der Waals surface area contributed by atoms with E-state index in [1.807, 2.05) is 6.92 Å². The van der Waals surface area contributed by atoms with Crippen LogP contribution < -0.4 is 14.4 Å². The lowest BCUT2D eigenvalue weighted by atomic mass is 9.94. The number of benzene rings is 2. The second kappa shape index (κ2) is 11.1. The van der Waals surface area contributed by atoms with Crippen molar-refractivity contribution in [3.05, 3.63) is 75.3 Å². The molecule has 1 aromatic heterocycles. The van der Waals surface area contributed by atoms with Crippen molar-refractivity contribution in [3.63, 3.8) is 0 Å². The fraction of sp³-hybridized carbons (Fsp3) is 0.333. The van der Waals surface area contributed by atoms with Crippen molar-refractivity contribution < 1.29 is 33.7 Å². The largest absolute Gasteiger partial charge is 0.507 e. The number of rotatable bonds is 8. The first kappa shape index (κ1) is 27.4. The number of aryl methyl sites for hydroxylation is 1. The Morgan fingerprint density at radius 1 is 1.23 bits per heavy atom. The van der Waals surface area contributed by atoms with Gasteiger partial charge in [0.1, 0.15) is 28.2 Å². The Bertz CT molecular complexity index is 1530. The SMILES string of the molecule is CCCCOc1cccc(C2/C(=C(/O)c3ccc4c(c3)CC(C)O4)C(=O)C(=O)N2c2nc(C)c(C(=O)OC)s2)c1. The minimum atomic E-state index is -1.01. The molecule has 208 valence electrons. The molecule has 9 nitrogen and oxygen atoms in total. The summed E-state index contributed by atoms with van der Waals surface area (Å²) in [6.45, 7) is 6.18. The Hall–Kier alpha value is -4.18. The number of aliphatic hydroxyl groups is 1. The molecule has 1 amide bonds. The van der Waals surface area contributed by atoms with E-state index in [1.165, 1.54) is 12.0 Å². The molecule has 1 N–H and O–H groups in total. The Morgan fingerprint density at radius 3 is 2.77 bits per heavy atom. The molecule has 10 heteroatoms. The van der Waals surface area contributed by atoms with Crippen LogP contribution in [0.5, 0.6) is 11.5 Å². The van der Waals surface area contributed by atoms with Gasteiger partial charge in [-0.2, -0.15) is 0 Å². The van der Waals surface area contributed by atoms with Crippen molar-refractivity contribution in [2.24, 2.45) is 0 Å². The average molecular weight is 563 g/mol. The first-order valence-corrected chi connectivity index (χ1v) is 13.9. The summed E-state index contributed by atoms with van der Waals surface area (Å²) in [5.74, 6) is -1.29. The van der Waals surface area contributed by atoms with E-state index in [1.54, 1.807) is 49.4 Å². The van der Waals surface area contributed by atoms with Gasteiger partial charge in [0.2, 0.25) is 0 Å². The van der Waals surface area contributed by atoms with Crippen LogP contribution >= 0.6 is 11.3 Å². The third-order valence-electron chi connectivity index (χ3n) is 6.92. The molecule has 2 aliphatic rings. The molecule has 0 aliphatic carbocycles. The normalized spacial score (nSPS) is 19.4. The van der Waals surface area contributed by atoms with Crippen LogP contribution in [0.3, 0.4) is 0 Å². The van der Waals surface area contributed by atoms with Crippen molar-refractivity contribution in [2.75, 3.05) is 18.6 Å². The predicted octanol–water partition coefficient (Wildman–Crippen LogP) is 5.37. The van der Waals surface area contributed by atoms with Gasteiger partial charge in [-0.15, -0.1) is 0 Å². The van der Waals surface area contributed by atoms with Crippen LogP contribution in [-0.4, -0.2) is 47.6 Å². The first-order valence-electron chi connectivity index (χ1n) is 13.1. The van der Waals surface area contributed by atoms with Crippen molar-refractivity contribution in [3.8, 4) is 11.5 Å². The zero-order valence-electron chi connectivity index (χ0n) is 22.7. The summed E-state index contributed by atoms with van der Waals surface area (Å²) in [5.41, 5.74) is 2.17.